The zero-order valence-corrected chi connectivity index (χ0v) is 13.8. The minimum atomic E-state index is -0.209. The molecule has 2 nitrogen and oxygen atoms in total. The highest BCUT2D eigenvalue weighted by Crippen LogP contribution is 2.28. The number of halogens is 1. The molecule has 0 spiro atoms. The lowest BCUT2D eigenvalue weighted by molar-refractivity contribution is 0.102. The van der Waals surface area contributed by atoms with Crippen molar-refractivity contribution in [1.29, 1.82) is 0 Å². The highest BCUT2D eigenvalue weighted by atomic mass is 35.5. The van der Waals surface area contributed by atoms with Gasteiger partial charge in [-0.2, -0.15) is 0 Å². The van der Waals surface area contributed by atoms with Gasteiger partial charge in [0.1, 0.15) is 0 Å². The van der Waals surface area contributed by atoms with Gasteiger partial charge < -0.3 is 5.32 Å². The largest absolute Gasteiger partial charge is 0.322 e. The summed E-state index contributed by atoms with van der Waals surface area (Å²) in [5.41, 5.74) is 1.21. The molecule has 3 aromatic carbocycles. The van der Waals surface area contributed by atoms with E-state index in [4.69, 9.17) is 11.6 Å². The molecule has 0 aliphatic rings. The van der Waals surface area contributed by atoms with E-state index in [9.17, 15) is 4.79 Å². The Bertz CT molecular complexity index is 803. The summed E-state index contributed by atoms with van der Waals surface area (Å²) in [5.74, 6) is -0.209. The van der Waals surface area contributed by atoms with E-state index in [2.05, 4.69) is 17.4 Å². The van der Waals surface area contributed by atoms with Crippen molar-refractivity contribution in [3.63, 3.8) is 0 Å². The van der Waals surface area contributed by atoms with E-state index in [1.165, 1.54) is 4.90 Å². The fourth-order valence-electron chi connectivity index (χ4n) is 2.07. The van der Waals surface area contributed by atoms with E-state index in [1.807, 2.05) is 42.5 Å². The Balaban J connectivity index is 1.68. The molecule has 1 N–H and O–H groups in total. The number of rotatable bonds is 4. The molecule has 1 amide bonds. The van der Waals surface area contributed by atoms with E-state index in [1.54, 1.807) is 36.0 Å². The van der Waals surface area contributed by atoms with Crippen molar-refractivity contribution in [3.05, 3.63) is 89.4 Å². The third kappa shape index (κ3) is 4.15. The van der Waals surface area contributed by atoms with Crippen LogP contribution in [0.4, 0.5) is 5.69 Å². The first-order valence-corrected chi connectivity index (χ1v) is 8.31. The molecule has 0 aromatic heterocycles. The lowest BCUT2D eigenvalue weighted by Crippen LogP contribution is -2.12. The Morgan fingerprint density at radius 3 is 2.09 bits per heavy atom. The van der Waals surface area contributed by atoms with E-state index in [-0.39, 0.29) is 5.91 Å². The SMILES string of the molecule is O=C(Nc1ccc(Sc2ccccc2)cc1)c1ccccc1Cl. The number of hydrogen-bond acceptors (Lipinski definition) is 2. The van der Waals surface area contributed by atoms with Gasteiger partial charge in [0.25, 0.3) is 5.91 Å². The molecule has 0 radical (unpaired) electrons. The quantitative estimate of drug-likeness (QED) is 0.656. The molecule has 0 aliphatic heterocycles. The van der Waals surface area contributed by atoms with Gasteiger partial charge in [-0.25, -0.2) is 0 Å². The van der Waals surface area contributed by atoms with Crippen LogP contribution in [0, 0.1) is 0 Å². The molecule has 0 aliphatic carbocycles. The number of carbonyl (C=O) groups is 1. The molecular formula is C19H14ClNOS. The summed E-state index contributed by atoms with van der Waals surface area (Å²) in [6, 6.07) is 24.9. The molecule has 0 fully saturated rings. The zero-order chi connectivity index (χ0) is 16.1. The van der Waals surface area contributed by atoms with Crippen LogP contribution in [0.2, 0.25) is 5.02 Å². The Morgan fingerprint density at radius 1 is 0.783 bits per heavy atom. The zero-order valence-electron chi connectivity index (χ0n) is 12.2. The first-order valence-electron chi connectivity index (χ1n) is 7.11. The molecule has 0 heterocycles. The summed E-state index contributed by atoms with van der Waals surface area (Å²) < 4.78 is 0. The van der Waals surface area contributed by atoms with Crippen molar-refractivity contribution < 1.29 is 4.79 Å². The van der Waals surface area contributed by atoms with Crippen molar-refractivity contribution in [1.82, 2.24) is 0 Å². The maximum Gasteiger partial charge on any atom is 0.257 e. The van der Waals surface area contributed by atoms with Crippen molar-refractivity contribution >= 4 is 35.0 Å². The van der Waals surface area contributed by atoms with Gasteiger partial charge in [-0.1, -0.05) is 53.7 Å². The molecule has 3 aromatic rings. The van der Waals surface area contributed by atoms with Crippen LogP contribution in [0.5, 0.6) is 0 Å². The summed E-state index contributed by atoms with van der Waals surface area (Å²) >= 11 is 7.72. The van der Waals surface area contributed by atoms with Crippen LogP contribution in [-0.2, 0) is 0 Å². The first-order chi connectivity index (χ1) is 11.2. The molecule has 0 atom stereocenters. The van der Waals surface area contributed by atoms with E-state index in [0.29, 0.717) is 10.6 Å². The Morgan fingerprint density at radius 2 is 1.39 bits per heavy atom. The van der Waals surface area contributed by atoms with Gasteiger partial charge in [0, 0.05) is 15.5 Å². The molecule has 0 bridgehead atoms. The number of benzene rings is 3. The third-order valence-electron chi connectivity index (χ3n) is 3.21. The van der Waals surface area contributed by atoms with Crippen LogP contribution in [0.25, 0.3) is 0 Å². The summed E-state index contributed by atoms with van der Waals surface area (Å²) in [6.07, 6.45) is 0. The molecule has 114 valence electrons. The predicted molar refractivity (Wildman–Crippen MR) is 96.4 cm³/mol. The van der Waals surface area contributed by atoms with Crippen molar-refractivity contribution in [3.8, 4) is 0 Å². The van der Waals surface area contributed by atoms with Gasteiger partial charge in [0.2, 0.25) is 0 Å². The molecule has 23 heavy (non-hydrogen) atoms. The summed E-state index contributed by atoms with van der Waals surface area (Å²) in [5, 5.41) is 3.30. The molecular weight excluding hydrogens is 326 g/mol. The molecule has 4 heteroatoms. The topological polar surface area (TPSA) is 29.1 Å². The summed E-state index contributed by atoms with van der Waals surface area (Å²) in [4.78, 5) is 14.5. The second kappa shape index (κ2) is 7.36. The van der Waals surface area contributed by atoms with Crippen LogP contribution >= 0.6 is 23.4 Å². The maximum atomic E-state index is 12.2. The Kier molecular flexibility index (Phi) is 5.01. The van der Waals surface area contributed by atoms with Gasteiger partial charge in [-0.3, -0.25) is 4.79 Å². The van der Waals surface area contributed by atoms with Crippen molar-refractivity contribution in [2.45, 2.75) is 9.79 Å². The van der Waals surface area contributed by atoms with Gasteiger partial charge in [-0.05, 0) is 48.5 Å². The Labute approximate surface area is 144 Å². The van der Waals surface area contributed by atoms with Gasteiger partial charge in [0.15, 0.2) is 0 Å². The minimum absolute atomic E-state index is 0.209. The molecule has 3 rings (SSSR count). The lowest BCUT2D eigenvalue weighted by atomic mass is 10.2. The summed E-state index contributed by atoms with van der Waals surface area (Å²) in [6.45, 7) is 0. The number of carbonyl (C=O) groups excluding carboxylic acids is 1. The number of nitrogens with one attached hydrogen (secondary N) is 1. The van der Waals surface area contributed by atoms with Crippen LogP contribution < -0.4 is 5.32 Å². The molecule has 0 saturated heterocycles. The smallest absolute Gasteiger partial charge is 0.257 e. The third-order valence-corrected chi connectivity index (χ3v) is 4.55. The average molecular weight is 340 g/mol. The van der Waals surface area contributed by atoms with Gasteiger partial charge in [-0.15, -0.1) is 0 Å². The van der Waals surface area contributed by atoms with Gasteiger partial charge in [0.05, 0.1) is 10.6 Å². The van der Waals surface area contributed by atoms with Crippen LogP contribution in [-0.4, -0.2) is 5.91 Å². The first kappa shape index (κ1) is 15.7. The Hall–Kier alpha value is -2.23. The van der Waals surface area contributed by atoms with Crippen molar-refractivity contribution in [2.24, 2.45) is 0 Å². The van der Waals surface area contributed by atoms with E-state index in [0.717, 1.165) is 10.6 Å². The van der Waals surface area contributed by atoms with Crippen LogP contribution in [0.15, 0.2) is 88.7 Å². The normalized spacial score (nSPS) is 10.3. The van der Waals surface area contributed by atoms with Crippen LogP contribution in [0.1, 0.15) is 10.4 Å². The predicted octanol–water partition coefficient (Wildman–Crippen LogP) is 5.74. The van der Waals surface area contributed by atoms with E-state index >= 15 is 0 Å². The highest BCUT2D eigenvalue weighted by Gasteiger charge is 2.09. The average Bonchev–Trinajstić information content (AvgIpc) is 2.58. The van der Waals surface area contributed by atoms with Crippen molar-refractivity contribution in [2.75, 3.05) is 5.32 Å². The molecule has 0 unspecified atom stereocenters. The lowest BCUT2D eigenvalue weighted by Gasteiger charge is -2.07. The fourth-order valence-corrected chi connectivity index (χ4v) is 3.13. The second-order valence-corrected chi connectivity index (χ2v) is 6.43. The standard InChI is InChI=1S/C19H14ClNOS/c20-18-9-5-4-8-17(18)19(22)21-14-10-12-16(13-11-14)23-15-6-2-1-3-7-15/h1-13H,(H,21,22). The fraction of sp³-hybridized carbons (Fsp3) is 0. The molecule has 0 saturated carbocycles. The summed E-state index contributed by atoms with van der Waals surface area (Å²) in [7, 11) is 0. The van der Waals surface area contributed by atoms with E-state index < -0.39 is 0 Å². The second-order valence-electron chi connectivity index (χ2n) is 4.87. The number of amides is 1. The number of hydrogen-bond donors (Lipinski definition) is 1. The van der Waals surface area contributed by atoms with Gasteiger partial charge >= 0.3 is 0 Å². The highest BCUT2D eigenvalue weighted by molar-refractivity contribution is 7.99. The minimum Gasteiger partial charge on any atom is -0.322 e. The monoisotopic (exact) mass is 339 g/mol. The maximum absolute atomic E-state index is 12.2. The number of anilines is 1. The van der Waals surface area contributed by atoms with Crippen LogP contribution in [0.3, 0.4) is 0 Å².